The highest BCUT2D eigenvalue weighted by Gasteiger charge is 2.38. The highest BCUT2D eigenvalue weighted by atomic mass is 16.5. The molecule has 1 aromatic rings. The van der Waals surface area contributed by atoms with E-state index in [1.165, 1.54) is 12.8 Å². The van der Waals surface area contributed by atoms with E-state index in [9.17, 15) is 0 Å². The van der Waals surface area contributed by atoms with E-state index in [2.05, 4.69) is 16.9 Å². The van der Waals surface area contributed by atoms with E-state index >= 15 is 0 Å². The summed E-state index contributed by atoms with van der Waals surface area (Å²) in [6, 6.07) is 0.196. The van der Waals surface area contributed by atoms with Crippen molar-refractivity contribution in [2.45, 2.75) is 64.0 Å². The van der Waals surface area contributed by atoms with Gasteiger partial charge in [0.05, 0.1) is 0 Å². The Morgan fingerprint density at radius 3 is 2.42 bits per heavy atom. The van der Waals surface area contributed by atoms with Crippen LogP contribution in [0, 0.1) is 0 Å². The Labute approximate surface area is 115 Å². The predicted molar refractivity (Wildman–Crippen MR) is 75.8 cm³/mol. The van der Waals surface area contributed by atoms with Gasteiger partial charge in [-0.3, -0.25) is 0 Å². The molecule has 0 radical (unpaired) electrons. The van der Waals surface area contributed by atoms with Crippen LogP contribution in [0.5, 0.6) is 0 Å². The van der Waals surface area contributed by atoms with E-state index in [-0.39, 0.29) is 11.6 Å². The second kappa shape index (κ2) is 6.44. The van der Waals surface area contributed by atoms with Crippen molar-refractivity contribution in [3.63, 3.8) is 0 Å². The number of ether oxygens (including phenoxy) is 1. The molecule has 1 aliphatic carbocycles. The maximum absolute atomic E-state index is 5.97. The Morgan fingerprint density at radius 1 is 1.26 bits per heavy atom. The van der Waals surface area contributed by atoms with Crippen molar-refractivity contribution in [1.82, 2.24) is 9.97 Å². The number of hydrogen-bond acceptors (Lipinski definition) is 4. The minimum absolute atomic E-state index is 0.196. The van der Waals surface area contributed by atoms with Crippen LogP contribution in [-0.2, 0) is 16.8 Å². The molecule has 1 atom stereocenters. The van der Waals surface area contributed by atoms with Gasteiger partial charge in [0.25, 0.3) is 0 Å². The summed E-state index contributed by atoms with van der Waals surface area (Å²) >= 11 is 0. The number of nitrogens with two attached hydrogens (primary N) is 1. The third-order valence-corrected chi connectivity index (χ3v) is 3.97. The van der Waals surface area contributed by atoms with E-state index < -0.39 is 0 Å². The van der Waals surface area contributed by atoms with Crippen molar-refractivity contribution >= 4 is 0 Å². The monoisotopic (exact) mass is 263 g/mol. The third-order valence-electron chi connectivity index (χ3n) is 3.97. The van der Waals surface area contributed by atoms with Gasteiger partial charge >= 0.3 is 0 Å². The molecule has 0 bridgehead atoms. The van der Waals surface area contributed by atoms with Crippen molar-refractivity contribution in [3.8, 4) is 0 Å². The van der Waals surface area contributed by atoms with Crippen molar-refractivity contribution in [3.05, 3.63) is 23.8 Å². The minimum atomic E-state index is -0.236. The fraction of sp³-hybridized carbons (Fsp3) is 0.733. The summed E-state index contributed by atoms with van der Waals surface area (Å²) in [4.78, 5) is 9.09. The van der Waals surface area contributed by atoms with Gasteiger partial charge in [0, 0.05) is 25.0 Å². The Morgan fingerprint density at radius 2 is 1.89 bits per heavy atom. The summed E-state index contributed by atoms with van der Waals surface area (Å²) < 4.78 is 5.97. The van der Waals surface area contributed by atoms with Crippen LogP contribution in [-0.4, -0.2) is 22.6 Å². The molecule has 4 nitrogen and oxygen atoms in total. The maximum Gasteiger partial charge on any atom is 0.160 e. The molecule has 1 saturated carbocycles. The van der Waals surface area contributed by atoms with E-state index in [0.717, 1.165) is 37.1 Å². The highest BCUT2D eigenvalue weighted by molar-refractivity contribution is 5.12. The summed E-state index contributed by atoms with van der Waals surface area (Å²) in [5, 5.41) is 0. The second-order valence-electron chi connectivity index (χ2n) is 5.42. The maximum atomic E-state index is 5.97. The summed E-state index contributed by atoms with van der Waals surface area (Å²) in [5.41, 5.74) is 6.84. The van der Waals surface area contributed by atoms with Gasteiger partial charge in [0.15, 0.2) is 5.82 Å². The first-order valence-electron chi connectivity index (χ1n) is 7.41. The number of rotatable bonds is 6. The summed E-state index contributed by atoms with van der Waals surface area (Å²) in [5.74, 6) is 0.848. The van der Waals surface area contributed by atoms with Gasteiger partial charge < -0.3 is 10.5 Å². The predicted octanol–water partition coefficient (Wildman–Crippen LogP) is 2.56. The van der Waals surface area contributed by atoms with Gasteiger partial charge in [-0.15, -0.1) is 0 Å². The van der Waals surface area contributed by atoms with Crippen molar-refractivity contribution in [2.24, 2.45) is 5.73 Å². The lowest BCUT2D eigenvalue weighted by atomic mass is 10.0. The van der Waals surface area contributed by atoms with Crippen molar-refractivity contribution in [1.29, 1.82) is 0 Å². The van der Waals surface area contributed by atoms with Crippen LogP contribution in [0.25, 0.3) is 0 Å². The molecular formula is C15H25N3O. The molecule has 19 heavy (non-hydrogen) atoms. The van der Waals surface area contributed by atoms with Gasteiger partial charge in [-0.1, -0.05) is 6.92 Å². The molecular weight excluding hydrogens is 238 g/mol. The Bertz CT molecular complexity index is 385. The van der Waals surface area contributed by atoms with Crippen molar-refractivity contribution < 1.29 is 4.74 Å². The molecule has 106 valence electrons. The first-order valence-corrected chi connectivity index (χ1v) is 7.41. The molecule has 4 heteroatoms. The average Bonchev–Trinajstić information content (AvgIpc) is 2.89. The van der Waals surface area contributed by atoms with E-state index in [4.69, 9.17) is 10.5 Å². The highest BCUT2D eigenvalue weighted by Crippen LogP contribution is 2.40. The summed E-state index contributed by atoms with van der Waals surface area (Å²) in [6.45, 7) is 4.85. The zero-order valence-electron chi connectivity index (χ0n) is 12.1. The Hall–Kier alpha value is -1.00. The van der Waals surface area contributed by atoms with Crippen LogP contribution in [0.2, 0.25) is 0 Å². The summed E-state index contributed by atoms with van der Waals surface area (Å²) in [6.07, 6.45) is 10.1. The quantitative estimate of drug-likeness (QED) is 0.857. The fourth-order valence-corrected chi connectivity index (χ4v) is 2.80. The van der Waals surface area contributed by atoms with Crippen LogP contribution in [0.4, 0.5) is 0 Å². The summed E-state index contributed by atoms with van der Waals surface area (Å²) in [7, 11) is 0. The molecule has 1 aliphatic rings. The smallest absolute Gasteiger partial charge is 0.160 e. The van der Waals surface area contributed by atoms with Gasteiger partial charge in [-0.05, 0) is 51.0 Å². The van der Waals surface area contributed by atoms with E-state index in [0.29, 0.717) is 6.61 Å². The largest absolute Gasteiger partial charge is 0.367 e. The normalized spacial score (nSPS) is 19.5. The van der Waals surface area contributed by atoms with Crippen molar-refractivity contribution in [2.75, 3.05) is 6.61 Å². The Balaban J connectivity index is 2.12. The lowest BCUT2D eigenvalue weighted by Gasteiger charge is -2.27. The third kappa shape index (κ3) is 3.31. The SMILES string of the molecule is CCOC1(c2ncc(CC(N)CC)cn2)CCCC1. The molecule has 0 amide bonds. The van der Waals surface area contributed by atoms with Gasteiger partial charge in [0.1, 0.15) is 5.60 Å². The van der Waals surface area contributed by atoms with Crippen LogP contribution in [0.1, 0.15) is 57.3 Å². The van der Waals surface area contributed by atoms with Gasteiger partial charge in [-0.25, -0.2) is 9.97 Å². The van der Waals surface area contributed by atoms with Gasteiger partial charge in [-0.2, -0.15) is 0 Å². The zero-order valence-corrected chi connectivity index (χ0v) is 12.1. The minimum Gasteiger partial charge on any atom is -0.367 e. The Kier molecular flexibility index (Phi) is 4.88. The second-order valence-corrected chi connectivity index (χ2v) is 5.42. The molecule has 0 spiro atoms. The first kappa shape index (κ1) is 14.4. The average molecular weight is 263 g/mol. The number of hydrogen-bond donors (Lipinski definition) is 1. The number of nitrogens with zero attached hydrogens (tertiary/aromatic N) is 2. The van der Waals surface area contributed by atoms with E-state index in [1.807, 2.05) is 19.3 Å². The number of aromatic nitrogens is 2. The molecule has 1 heterocycles. The standard InChI is InChI=1S/C15H25N3O/c1-3-13(16)9-12-10-17-14(18-11-12)15(19-4-2)7-5-6-8-15/h10-11,13H,3-9,16H2,1-2H3. The lowest BCUT2D eigenvalue weighted by Crippen LogP contribution is -2.29. The molecule has 0 aliphatic heterocycles. The fourth-order valence-electron chi connectivity index (χ4n) is 2.80. The van der Waals surface area contributed by atoms with Crippen LogP contribution >= 0.6 is 0 Å². The molecule has 2 N–H and O–H groups in total. The van der Waals surface area contributed by atoms with Crippen LogP contribution in [0.15, 0.2) is 12.4 Å². The topological polar surface area (TPSA) is 61.0 Å². The molecule has 1 aromatic heterocycles. The van der Waals surface area contributed by atoms with Gasteiger partial charge in [0.2, 0.25) is 0 Å². The van der Waals surface area contributed by atoms with Crippen LogP contribution < -0.4 is 5.73 Å². The molecule has 1 fully saturated rings. The van der Waals surface area contributed by atoms with E-state index in [1.54, 1.807) is 0 Å². The lowest BCUT2D eigenvalue weighted by molar-refractivity contribution is -0.0457. The zero-order chi connectivity index (χ0) is 13.7. The molecule has 0 saturated heterocycles. The first-order chi connectivity index (χ1) is 9.20. The molecule has 1 unspecified atom stereocenters. The molecule has 0 aromatic carbocycles. The molecule has 2 rings (SSSR count). The van der Waals surface area contributed by atoms with Crippen LogP contribution in [0.3, 0.4) is 0 Å².